The average Bonchev–Trinajstić information content (AvgIpc) is 2.14. The molecule has 0 radical (unpaired) electrons. The minimum absolute atomic E-state index is 0.0678. The van der Waals surface area contributed by atoms with Gasteiger partial charge in [-0.15, -0.1) is 0 Å². The smallest absolute Gasteiger partial charge is 0.331 e. The van der Waals surface area contributed by atoms with E-state index in [4.69, 9.17) is 9.05 Å². The van der Waals surface area contributed by atoms with E-state index in [1.165, 1.54) is 13.8 Å². The van der Waals surface area contributed by atoms with E-state index < -0.39 is 19.6 Å². The third-order valence-electron chi connectivity index (χ3n) is 2.18. The highest BCUT2D eigenvalue weighted by atomic mass is 31.2. The molecule has 0 rings (SSSR count). The van der Waals surface area contributed by atoms with Gasteiger partial charge in [-0.25, -0.2) is 0 Å². The lowest BCUT2D eigenvalue weighted by atomic mass is 10.0. The molecule has 5 nitrogen and oxygen atoms in total. The Morgan fingerprint density at radius 2 is 1.75 bits per heavy atom. The van der Waals surface area contributed by atoms with Crippen molar-refractivity contribution in [1.29, 1.82) is 0 Å². The molecule has 0 bridgehead atoms. The number of rotatable bonds is 8. The zero-order valence-electron chi connectivity index (χ0n) is 10.3. The minimum Gasteiger partial charge on any atom is -0.393 e. The van der Waals surface area contributed by atoms with Crippen molar-refractivity contribution in [2.75, 3.05) is 19.4 Å². The summed E-state index contributed by atoms with van der Waals surface area (Å²) in [5.74, 6) is -0.918. The van der Waals surface area contributed by atoms with E-state index in [9.17, 15) is 14.5 Å². The highest BCUT2D eigenvalue weighted by Crippen LogP contribution is 2.50. The number of Topliss-reactive ketones (excluding diaryl/α,β-unsaturated/α-hetero) is 1. The summed E-state index contributed by atoms with van der Waals surface area (Å²) in [5.41, 5.74) is 0. The Bertz CT molecular complexity index is 254. The summed E-state index contributed by atoms with van der Waals surface area (Å²) >= 11 is 0. The summed E-state index contributed by atoms with van der Waals surface area (Å²) in [6, 6.07) is 0. The van der Waals surface area contributed by atoms with Crippen LogP contribution in [0.25, 0.3) is 0 Å². The molecular formula is C10H21O5P. The van der Waals surface area contributed by atoms with Crippen molar-refractivity contribution < 1.29 is 23.5 Å². The van der Waals surface area contributed by atoms with Crippen LogP contribution in [0.5, 0.6) is 0 Å². The number of carbonyl (C=O) groups is 1. The van der Waals surface area contributed by atoms with E-state index in [1.807, 2.05) is 0 Å². The molecule has 0 aromatic carbocycles. The Morgan fingerprint density at radius 1 is 1.31 bits per heavy atom. The van der Waals surface area contributed by atoms with Gasteiger partial charge in [0.15, 0.2) is 0 Å². The third kappa shape index (κ3) is 5.21. The Labute approximate surface area is 96.7 Å². The Hall–Kier alpha value is -0.220. The van der Waals surface area contributed by atoms with Crippen molar-refractivity contribution in [3.05, 3.63) is 0 Å². The molecule has 96 valence electrons. The maximum atomic E-state index is 12.1. The van der Waals surface area contributed by atoms with Crippen molar-refractivity contribution >= 4 is 13.4 Å². The first-order valence-corrected chi connectivity index (χ1v) is 7.15. The van der Waals surface area contributed by atoms with Crippen molar-refractivity contribution in [2.24, 2.45) is 5.92 Å². The number of hydrogen-bond donors (Lipinski definition) is 1. The molecule has 1 N–H and O–H groups in total. The molecule has 2 atom stereocenters. The van der Waals surface area contributed by atoms with Crippen molar-refractivity contribution in [2.45, 2.75) is 33.8 Å². The summed E-state index contributed by atoms with van der Waals surface area (Å²) < 4.78 is 22.3. The number of carbonyl (C=O) groups excluding carboxylic acids is 1. The van der Waals surface area contributed by atoms with E-state index >= 15 is 0 Å². The van der Waals surface area contributed by atoms with Gasteiger partial charge >= 0.3 is 7.60 Å². The number of hydrogen-bond acceptors (Lipinski definition) is 5. The molecule has 0 saturated heterocycles. The maximum absolute atomic E-state index is 12.1. The van der Waals surface area contributed by atoms with Gasteiger partial charge in [0.25, 0.3) is 0 Å². The van der Waals surface area contributed by atoms with E-state index in [0.29, 0.717) is 0 Å². The molecular weight excluding hydrogens is 231 g/mol. The van der Waals surface area contributed by atoms with Crippen LogP contribution in [0.1, 0.15) is 27.7 Å². The fraction of sp³-hybridized carbons (Fsp3) is 0.900. The highest BCUT2D eigenvalue weighted by molar-refractivity contribution is 7.53. The lowest BCUT2D eigenvalue weighted by Gasteiger charge is -2.23. The van der Waals surface area contributed by atoms with Gasteiger partial charge in [-0.05, 0) is 27.7 Å². The normalized spacial score (nSPS) is 15.8. The third-order valence-corrected chi connectivity index (χ3v) is 4.32. The molecule has 0 saturated carbocycles. The molecule has 0 fully saturated rings. The second-order valence-corrected chi connectivity index (χ2v) is 5.69. The average molecular weight is 252 g/mol. The fourth-order valence-corrected chi connectivity index (χ4v) is 3.51. The summed E-state index contributed by atoms with van der Waals surface area (Å²) in [6.45, 7) is 6.77. The van der Waals surface area contributed by atoms with E-state index in [0.717, 1.165) is 0 Å². The number of aliphatic hydroxyl groups is 1. The van der Waals surface area contributed by atoms with Gasteiger partial charge in [-0.1, -0.05) is 0 Å². The largest absolute Gasteiger partial charge is 0.393 e. The minimum atomic E-state index is -3.26. The maximum Gasteiger partial charge on any atom is 0.331 e. The second-order valence-electron chi connectivity index (χ2n) is 3.59. The molecule has 0 unspecified atom stereocenters. The monoisotopic (exact) mass is 252 g/mol. The standard InChI is InChI=1S/C10H21O5P/c1-5-14-16(13,15-6-2)7-10(8(3)11)9(4)12/h8,10-11H,5-7H2,1-4H3/t8-,10-/m1/s1. The molecule has 0 heterocycles. The molecule has 0 aliphatic rings. The molecule has 0 aliphatic carbocycles. The zero-order chi connectivity index (χ0) is 12.8. The number of aliphatic hydroxyl groups excluding tert-OH is 1. The Balaban J connectivity index is 4.70. The fourth-order valence-electron chi connectivity index (χ4n) is 1.40. The van der Waals surface area contributed by atoms with Crippen molar-refractivity contribution in [3.8, 4) is 0 Å². The van der Waals surface area contributed by atoms with Crippen LogP contribution >= 0.6 is 7.60 Å². The van der Waals surface area contributed by atoms with Crippen molar-refractivity contribution in [1.82, 2.24) is 0 Å². The Morgan fingerprint density at radius 3 is 2.00 bits per heavy atom. The van der Waals surface area contributed by atoms with E-state index in [2.05, 4.69) is 0 Å². The quantitative estimate of drug-likeness (QED) is 0.667. The molecule has 0 spiro atoms. The van der Waals surface area contributed by atoms with Crippen molar-refractivity contribution in [3.63, 3.8) is 0 Å². The SMILES string of the molecule is CCOP(=O)(C[C@@H](C(C)=O)[C@@H](C)O)OCC. The zero-order valence-corrected chi connectivity index (χ0v) is 11.2. The van der Waals surface area contributed by atoms with Gasteiger partial charge in [0, 0.05) is 0 Å². The predicted octanol–water partition coefficient (Wildman–Crippen LogP) is 1.84. The van der Waals surface area contributed by atoms with Crippen LogP contribution in [-0.4, -0.2) is 36.4 Å². The topological polar surface area (TPSA) is 72.8 Å². The van der Waals surface area contributed by atoms with Gasteiger partial charge in [0.05, 0.1) is 31.4 Å². The van der Waals surface area contributed by atoms with Crippen LogP contribution in [0.4, 0.5) is 0 Å². The van der Waals surface area contributed by atoms with Crippen LogP contribution in [0.2, 0.25) is 0 Å². The van der Waals surface area contributed by atoms with E-state index in [-0.39, 0.29) is 25.2 Å². The van der Waals surface area contributed by atoms with Gasteiger partial charge in [0.1, 0.15) is 5.78 Å². The first kappa shape index (κ1) is 15.8. The van der Waals surface area contributed by atoms with Crippen LogP contribution < -0.4 is 0 Å². The molecule has 0 amide bonds. The predicted molar refractivity (Wildman–Crippen MR) is 61.6 cm³/mol. The molecule has 0 aromatic rings. The van der Waals surface area contributed by atoms with Crippen LogP contribution in [0.3, 0.4) is 0 Å². The van der Waals surface area contributed by atoms with Crippen LogP contribution in [-0.2, 0) is 18.4 Å². The molecule has 0 aliphatic heterocycles. The summed E-state index contributed by atoms with van der Waals surface area (Å²) in [7, 11) is -3.26. The lowest BCUT2D eigenvalue weighted by Crippen LogP contribution is -2.28. The van der Waals surface area contributed by atoms with Gasteiger partial charge in [0.2, 0.25) is 0 Å². The molecule has 16 heavy (non-hydrogen) atoms. The van der Waals surface area contributed by atoms with Gasteiger partial charge in [-0.2, -0.15) is 0 Å². The summed E-state index contributed by atoms with van der Waals surface area (Å²) in [4.78, 5) is 11.3. The second kappa shape index (κ2) is 7.17. The van der Waals surface area contributed by atoms with Crippen LogP contribution in [0.15, 0.2) is 0 Å². The first-order valence-electron chi connectivity index (χ1n) is 5.43. The Kier molecular flexibility index (Phi) is 7.07. The first-order chi connectivity index (χ1) is 7.36. The molecule has 6 heteroatoms. The molecule has 0 aromatic heterocycles. The summed E-state index contributed by atoms with van der Waals surface area (Å²) in [6.07, 6.45) is -0.923. The number of ketones is 1. The van der Waals surface area contributed by atoms with Crippen LogP contribution in [0, 0.1) is 5.92 Å². The van der Waals surface area contributed by atoms with E-state index in [1.54, 1.807) is 13.8 Å². The summed E-state index contributed by atoms with van der Waals surface area (Å²) in [5, 5.41) is 9.43. The highest BCUT2D eigenvalue weighted by Gasteiger charge is 2.33. The van der Waals surface area contributed by atoms with Gasteiger partial charge < -0.3 is 14.2 Å². The lowest BCUT2D eigenvalue weighted by molar-refractivity contribution is -0.123. The van der Waals surface area contributed by atoms with Gasteiger partial charge in [-0.3, -0.25) is 9.36 Å².